The molecule has 0 bridgehead atoms. The molecule has 126 valence electrons. The molecule has 0 heterocycles. The topological polar surface area (TPSA) is 66.5 Å². The number of para-hydroxylation sites is 1. The minimum Gasteiger partial charge on any atom is -0.290 e. The van der Waals surface area contributed by atoms with Crippen molar-refractivity contribution in [3.63, 3.8) is 0 Å². The number of rotatable bonds is 5. The van der Waals surface area contributed by atoms with Crippen LogP contribution in [0.2, 0.25) is 0 Å². The van der Waals surface area contributed by atoms with E-state index in [1.807, 2.05) is 19.9 Å². The van der Waals surface area contributed by atoms with Gasteiger partial charge in [0.15, 0.2) is 0 Å². The van der Waals surface area contributed by atoms with Gasteiger partial charge in [-0.2, -0.15) is 0 Å². The molecule has 1 N–H and O–H groups in total. The van der Waals surface area contributed by atoms with Crippen molar-refractivity contribution in [1.82, 2.24) is 4.72 Å². The number of urea groups is 1. The zero-order valence-corrected chi connectivity index (χ0v) is 14.5. The highest BCUT2D eigenvalue weighted by molar-refractivity contribution is 7.90. The smallest absolute Gasteiger partial charge is 0.290 e. The summed E-state index contributed by atoms with van der Waals surface area (Å²) in [5.74, 6) is 0. The van der Waals surface area contributed by atoms with E-state index in [0.29, 0.717) is 5.69 Å². The van der Waals surface area contributed by atoms with E-state index in [9.17, 15) is 13.2 Å². The minimum atomic E-state index is -3.92. The van der Waals surface area contributed by atoms with Crippen LogP contribution in [0.5, 0.6) is 0 Å². The number of anilines is 1. The van der Waals surface area contributed by atoms with Crippen LogP contribution in [0.1, 0.15) is 12.5 Å². The molecule has 2 aromatic carbocycles. The first-order valence-electron chi connectivity index (χ1n) is 7.51. The van der Waals surface area contributed by atoms with E-state index in [1.54, 1.807) is 48.6 Å². The van der Waals surface area contributed by atoms with E-state index in [4.69, 9.17) is 0 Å². The summed E-state index contributed by atoms with van der Waals surface area (Å²) in [5.41, 5.74) is 1.56. The molecular weight excluding hydrogens is 324 g/mol. The summed E-state index contributed by atoms with van der Waals surface area (Å²) in [7, 11) is -3.92. The SMILES string of the molecule is C/C=C/CN(C(=O)NS(=O)(=O)c1ccc(C)cc1)c1ccccc1. The summed E-state index contributed by atoms with van der Waals surface area (Å²) >= 11 is 0. The Balaban J connectivity index is 2.25. The summed E-state index contributed by atoms with van der Waals surface area (Å²) in [5, 5.41) is 0. The Morgan fingerprint density at radius 3 is 2.29 bits per heavy atom. The van der Waals surface area contributed by atoms with Gasteiger partial charge in [0.05, 0.1) is 4.90 Å². The highest BCUT2D eigenvalue weighted by Gasteiger charge is 2.22. The number of sulfonamides is 1. The number of amides is 2. The predicted molar refractivity (Wildman–Crippen MR) is 95.5 cm³/mol. The third kappa shape index (κ3) is 4.45. The number of hydrogen-bond acceptors (Lipinski definition) is 3. The van der Waals surface area contributed by atoms with Gasteiger partial charge in [0.2, 0.25) is 0 Å². The monoisotopic (exact) mass is 344 g/mol. The third-order valence-corrected chi connectivity index (χ3v) is 4.73. The lowest BCUT2D eigenvalue weighted by molar-refractivity contribution is 0.251. The van der Waals surface area contributed by atoms with Crippen LogP contribution >= 0.6 is 0 Å². The molecule has 0 spiro atoms. The number of hydrogen-bond donors (Lipinski definition) is 1. The molecule has 24 heavy (non-hydrogen) atoms. The largest absolute Gasteiger partial charge is 0.336 e. The minimum absolute atomic E-state index is 0.0560. The lowest BCUT2D eigenvalue weighted by atomic mass is 10.2. The highest BCUT2D eigenvalue weighted by atomic mass is 32.2. The van der Waals surface area contributed by atoms with Crippen LogP contribution in [0.3, 0.4) is 0 Å². The van der Waals surface area contributed by atoms with Crippen LogP contribution in [0.15, 0.2) is 71.6 Å². The number of aryl methyl sites for hydroxylation is 1. The quantitative estimate of drug-likeness (QED) is 0.845. The Bertz CT molecular complexity index is 813. The maximum atomic E-state index is 12.5. The highest BCUT2D eigenvalue weighted by Crippen LogP contribution is 2.15. The van der Waals surface area contributed by atoms with Crippen LogP contribution < -0.4 is 9.62 Å². The Morgan fingerprint density at radius 1 is 1.08 bits per heavy atom. The molecule has 0 aliphatic heterocycles. The van der Waals surface area contributed by atoms with Crippen molar-refractivity contribution < 1.29 is 13.2 Å². The molecule has 2 rings (SSSR count). The Labute approximate surface area is 142 Å². The number of carbonyl (C=O) groups excluding carboxylic acids is 1. The number of nitrogens with zero attached hydrogens (tertiary/aromatic N) is 1. The van der Waals surface area contributed by atoms with Crippen molar-refractivity contribution in [1.29, 1.82) is 0 Å². The van der Waals surface area contributed by atoms with Gasteiger partial charge in [0.25, 0.3) is 10.0 Å². The van der Waals surface area contributed by atoms with E-state index in [0.717, 1.165) is 5.56 Å². The molecule has 0 atom stereocenters. The van der Waals surface area contributed by atoms with Crippen molar-refractivity contribution in [2.75, 3.05) is 11.4 Å². The molecule has 0 aromatic heterocycles. The van der Waals surface area contributed by atoms with Crippen molar-refractivity contribution in [3.05, 3.63) is 72.3 Å². The molecule has 0 unspecified atom stereocenters. The fourth-order valence-corrected chi connectivity index (χ4v) is 3.02. The average Bonchev–Trinajstić information content (AvgIpc) is 2.56. The summed E-state index contributed by atoms with van der Waals surface area (Å²) in [6.07, 6.45) is 3.59. The first-order valence-corrected chi connectivity index (χ1v) is 8.99. The fourth-order valence-electron chi connectivity index (χ4n) is 2.07. The summed E-state index contributed by atoms with van der Waals surface area (Å²) in [6.45, 7) is 3.98. The van der Waals surface area contributed by atoms with Gasteiger partial charge >= 0.3 is 6.03 Å². The van der Waals surface area contributed by atoms with Crippen molar-refractivity contribution in [3.8, 4) is 0 Å². The molecule has 2 amide bonds. The van der Waals surface area contributed by atoms with E-state index in [2.05, 4.69) is 4.72 Å². The van der Waals surface area contributed by atoms with E-state index in [-0.39, 0.29) is 11.4 Å². The van der Waals surface area contributed by atoms with Gasteiger partial charge in [-0.15, -0.1) is 0 Å². The zero-order chi connectivity index (χ0) is 17.6. The number of benzene rings is 2. The standard InChI is InChI=1S/C18H20N2O3S/c1-3-4-14-20(16-8-6-5-7-9-16)18(21)19-24(22,23)17-12-10-15(2)11-13-17/h3-13H,14H2,1-2H3,(H,19,21)/b4-3+. The molecule has 2 aromatic rings. The normalized spacial score (nSPS) is 11.4. The fraction of sp³-hybridized carbons (Fsp3) is 0.167. The van der Waals surface area contributed by atoms with Crippen LogP contribution in [0, 0.1) is 6.92 Å². The predicted octanol–water partition coefficient (Wildman–Crippen LogP) is 3.48. The molecule has 0 saturated heterocycles. The second kappa shape index (κ2) is 7.79. The van der Waals surface area contributed by atoms with Gasteiger partial charge < -0.3 is 0 Å². The van der Waals surface area contributed by atoms with Crippen molar-refractivity contribution in [2.24, 2.45) is 0 Å². The van der Waals surface area contributed by atoms with Gasteiger partial charge in [0.1, 0.15) is 0 Å². The number of carbonyl (C=O) groups is 1. The van der Waals surface area contributed by atoms with Gasteiger partial charge in [-0.3, -0.25) is 4.90 Å². The van der Waals surface area contributed by atoms with E-state index in [1.165, 1.54) is 17.0 Å². The maximum absolute atomic E-state index is 12.5. The first kappa shape index (κ1) is 17.7. The zero-order valence-electron chi connectivity index (χ0n) is 13.6. The lowest BCUT2D eigenvalue weighted by Gasteiger charge is -2.21. The molecule has 0 radical (unpaired) electrons. The van der Waals surface area contributed by atoms with E-state index < -0.39 is 16.1 Å². The van der Waals surface area contributed by atoms with Gasteiger partial charge in [0, 0.05) is 12.2 Å². The Hall–Kier alpha value is -2.60. The molecule has 0 aliphatic rings. The van der Waals surface area contributed by atoms with Gasteiger partial charge in [-0.1, -0.05) is 48.0 Å². The Morgan fingerprint density at radius 2 is 1.71 bits per heavy atom. The van der Waals surface area contributed by atoms with Crippen molar-refractivity contribution in [2.45, 2.75) is 18.7 Å². The summed E-state index contributed by atoms with van der Waals surface area (Å²) in [4.78, 5) is 13.9. The number of allylic oxidation sites excluding steroid dienone is 1. The maximum Gasteiger partial charge on any atom is 0.336 e. The lowest BCUT2D eigenvalue weighted by Crippen LogP contribution is -2.43. The van der Waals surface area contributed by atoms with Gasteiger partial charge in [-0.25, -0.2) is 17.9 Å². The van der Waals surface area contributed by atoms with Gasteiger partial charge in [-0.05, 0) is 38.1 Å². The molecule has 0 fully saturated rings. The first-order chi connectivity index (χ1) is 11.4. The molecule has 0 aliphatic carbocycles. The summed E-state index contributed by atoms with van der Waals surface area (Å²) < 4.78 is 26.9. The molecule has 0 saturated carbocycles. The Kier molecular flexibility index (Phi) is 5.76. The van der Waals surface area contributed by atoms with Crippen LogP contribution in [-0.2, 0) is 10.0 Å². The third-order valence-electron chi connectivity index (χ3n) is 3.39. The van der Waals surface area contributed by atoms with Crippen LogP contribution in [0.25, 0.3) is 0 Å². The molecule has 6 heteroatoms. The summed E-state index contributed by atoms with van der Waals surface area (Å²) in [6, 6.07) is 14.6. The average molecular weight is 344 g/mol. The second-order valence-corrected chi connectivity index (χ2v) is 6.92. The number of nitrogens with one attached hydrogen (secondary N) is 1. The van der Waals surface area contributed by atoms with E-state index >= 15 is 0 Å². The molecular formula is C18H20N2O3S. The van der Waals surface area contributed by atoms with Crippen LogP contribution in [0.4, 0.5) is 10.5 Å². The van der Waals surface area contributed by atoms with Crippen LogP contribution in [-0.4, -0.2) is 21.0 Å². The second-order valence-electron chi connectivity index (χ2n) is 5.24. The van der Waals surface area contributed by atoms with Crippen molar-refractivity contribution >= 4 is 21.7 Å². The molecule has 5 nitrogen and oxygen atoms in total.